The SMILES string of the molecule is CCCCCCCCCCCCCNCCCCCCCCCCCCC.O=[N+]([O-])O. The highest BCUT2D eigenvalue weighted by Gasteiger charge is 1.95. The zero-order valence-electron chi connectivity index (χ0n) is 21.2. The summed E-state index contributed by atoms with van der Waals surface area (Å²) in [7, 11) is 0. The van der Waals surface area contributed by atoms with E-state index in [2.05, 4.69) is 19.2 Å². The topological polar surface area (TPSA) is 75.4 Å². The molecular formula is C26H56N2O3. The average molecular weight is 445 g/mol. The molecule has 0 saturated heterocycles. The third-order valence-electron chi connectivity index (χ3n) is 5.91. The second-order valence-electron chi connectivity index (χ2n) is 9.06. The molecule has 0 bridgehead atoms. The van der Waals surface area contributed by atoms with Crippen molar-refractivity contribution in [3.05, 3.63) is 10.1 Å². The number of nitrogens with zero attached hydrogens (tertiary/aromatic N) is 1. The molecule has 0 spiro atoms. The largest absolute Gasteiger partial charge is 0.328 e. The third-order valence-corrected chi connectivity index (χ3v) is 5.91. The van der Waals surface area contributed by atoms with Gasteiger partial charge in [-0.25, -0.2) is 0 Å². The molecule has 0 aliphatic carbocycles. The average Bonchev–Trinajstić information content (AvgIpc) is 2.74. The first-order valence-electron chi connectivity index (χ1n) is 13.7. The van der Waals surface area contributed by atoms with E-state index < -0.39 is 5.09 Å². The summed E-state index contributed by atoms with van der Waals surface area (Å²) in [6.07, 6.45) is 31.8. The summed E-state index contributed by atoms with van der Waals surface area (Å²) in [5, 5.41) is 17.3. The van der Waals surface area contributed by atoms with Gasteiger partial charge in [0, 0.05) is 0 Å². The second-order valence-corrected chi connectivity index (χ2v) is 9.06. The van der Waals surface area contributed by atoms with E-state index in [1.54, 1.807) is 0 Å². The van der Waals surface area contributed by atoms with Crippen molar-refractivity contribution in [3.8, 4) is 0 Å². The van der Waals surface area contributed by atoms with Gasteiger partial charge >= 0.3 is 0 Å². The maximum Gasteiger partial charge on any atom is 0.291 e. The first-order valence-corrected chi connectivity index (χ1v) is 13.7. The Kier molecular flexibility index (Phi) is 32.7. The Hall–Kier alpha value is -0.840. The molecule has 5 heteroatoms. The van der Waals surface area contributed by atoms with Crippen molar-refractivity contribution in [2.45, 2.75) is 155 Å². The lowest BCUT2D eigenvalue weighted by molar-refractivity contribution is -0.742. The Morgan fingerprint density at radius 3 is 0.935 bits per heavy atom. The van der Waals surface area contributed by atoms with Gasteiger partial charge in [0.25, 0.3) is 5.09 Å². The van der Waals surface area contributed by atoms with Crippen LogP contribution in [0.5, 0.6) is 0 Å². The van der Waals surface area contributed by atoms with E-state index in [1.807, 2.05) is 0 Å². The van der Waals surface area contributed by atoms with Crippen LogP contribution >= 0.6 is 0 Å². The van der Waals surface area contributed by atoms with Gasteiger partial charge in [0.05, 0.1) is 0 Å². The van der Waals surface area contributed by atoms with Crippen molar-refractivity contribution in [3.63, 3.8) is 0 Å². The predicted molar refractivity (Wildman–Crippen MR) is 135 cm³/mol. The fourth-order valence-electron chi connectivity index (χ4n) is 3.95. The Bertz CT molecular complexity index is 300. The van der Waals surface area contributed by atoms with Crippen LogP contribution in [0.4, 0.5) is 0 Å². The van der Waals surface area contributed by atoms with Gasteiger partial charge in [-0.1, -0.05) is 142 Å². The number of rotatable bonds is 24. The first-order chi connectivity index (χ1) is 15.1. The monoisotopic (exact) mass is 444 g/mol. The Labute approximate surface area is 194 Å². The number of hydrogen-bond acceptors (Lipinski definition) is 3. The molecule has 0 fully saturated rings. The van der Waals surface area contributed by atoms with E-state index >= 15 is 0 Å². The van der Waals surface area contributed by atoms with Crippen molar-refractivity contribution in [2.24, 2.45) is 0 Å². The van der Waals surface area contributed by atoms with Gasteiger partial charge in [-0.15, -0.1) is 10.1 Å². The molecule has 0 radical (unpaired) electrons. The third kappa shape index (κ3) is 40.1. The molecule has 5 nitrogen and oxygen atoms in total. The van der Waals surface area contributed by atoms with Gasteiger partial charge in [-0.05, 0) is 25.9 Å². The lowest BCUT2D eigenvalue weighted by Crippen LogP contribution is -2.16. The van der Waals surface area contributed by atoms with Gasteiger partial charge in [0.1, 0.15) is 0 Å². The highest BCUT2D eigenvalue weighted by atomic mass is 16.9. The van der Waals surface area contributed by atoms with Crippen molar-refractivity contribution in [1.29, 1.82) is 0 Å². The molecule has 0 atom stereocenters. The molecule has 0 aromatic rings. The van der Waals surface area contributed by atoms with Gasteiger partial charge in [-0.2, -0.15) is 0 Å². The highest BCUT2D eigenvalue weighted by molar-refractivity contribution is 4.53. The van der Waals surface area contributed by atoms with Crippen LogP contribution in [-0.4, -0.2) is 23.4 Å². The number of unbranched alkanes of at least 4 members (excludes halogenated alkanes) is 20. The molecule has 0 amide bonds. The first kappa shape index (κ1) is 32.3. The van der Waals surface area contributed by atoms with Crippen LogP contribution in [0.15, 0.2) is 0 Å². The summed E-state index contributed by atoms with van der Waals surface area (Å²) in [6.45, 7) is 7.09. The molecule has 0 aliphatic rings. The van der Waals surface area contributed by atoms with E-state index in [-0.39, 0.29) is 0 Å². The van der Waals surface area contributed by atoms with Crippen LogP contribution in [0.25, 0.3) is 0 Å². The van der Waals surface area contributed by atoms with E-state index in [4.69, 9.17) is 15.3 Å². The molecule has 31 heavy (non-hydrogen) atoms. The Morgan fingerprint density at radius 1 is 0.516 bits per heavy atom. The molecule has 0 aromatic carbocycles. The normalized spacial score (nSPS) is 10.6. The summed E-state index contributed by atoms with van der Waals surface area (Å²) >= 11 is 0. The fraction of sp³-hybridized carbons (Fsp3) is 1.00. The second kappa shape index (κ2) is 31.3. The van der Waals surface area contributed by atoms with Crippen molar-refractivity contribution >= 4 is 0 Å². The number of nitrogens with one attached hydrogen (secondary N) is 1. The van der Waals surface area contributed by atoms with Crippen LogP contribution in [0, 0.1) is 10.1 Å². The minimum atomic E-state index is -1.50. The zero-order valence-corrected chi connectivity index (χ0v) is 21.2. The van der Waals surface area contributed by atoms with Crippen LogP contribution in [0.3, 0.4) is 0 Å². The van der Waals surface area contributed by atoms with E-state index in [9.17, 15) is 0 Å². The maximum atomic E-state index is 8.36. The van der Waals surface area contributed by atoms with E-state index in [0.29, 0.717) is 0 Å². The molecule has 0 aliphatic heterocycles. The lowest BCUT2D eigenvalue weighted by atomic mass is 10.1. The van der Waals surface area contributed by atoms with E-state index in [1.165, 1.54) is 154 Å². The summed E-state index contributed by atoms with van der Waals surface area (Å²) in [5.41, 5.74) is 0. The maximum absolute atomic E-state index is 8.36. The molecule has 188 valence electrons. The zero-order chi connectivity index (χ0) is 23.3. The molecule has 0 heterocycles. The molecule has 2 N–H and O–H groups in total. The van der Waals surface area contributed by atoms with Crippen LogP contribution in [0.2, 0.25) is 0 Å². The van der Waals surface area contributed by atoms with Crippen molar-refractivity contribution in [2.75, 3.05) is 13.1 Å². The molecular weight excluding hydrogens is 388 g/mol. The summed E-state index contributed by atoms with van der Waals surface area (Å²) < 4.78 is 0. The Morgan fingerprint density at radius 2 is 0.710 bits per heavy atom. The van der Waals surface area contributed by atoms with Crippen molar-refractivity contribution < 1.29 is 10.3 Å². The summed E-state index contributed by atoms with van der Waals surface area (Å²) in [4.78, 5) is 8.36. The molecule has 0 rings (SSSR count). The number of hydrogen-bond donors (Lipinski definition) is 2. The Balaban J connectivity index is 0. The van der Waals surface area contributed by atoms with Crippen LogP contribution in [0.1, 0.15) is 155 Å². The molecule has 0 aromatic heterocycles. The highest BCUT2D eigenvalue weighted by Crippen LogP contribution is 2.12. The van der Waals surface area contributed by atoms with Crippen LogP contribution < -0.4 is 5.32 Å². The quantitative estimate of drug-likeness (QED) is 0.0885. The lowest BCUT2D eigenvalue weighted by Gasteiger charge is -2.06. The van der Waals surface area contributed by atoms with Gasteiger partial charge < -0.3 is 10.5 Å². The smallest absolute Gasteiger partial charge is 0.291 e. The summed E-state index contributed by atoms with van der Waals surface area (Å²) in [6, 6.07) is 0. The summed E-state index contributed by atoms with van der Waals surface area (Å²) in [5.74, 6) is 0. The molecule has 0 saturated carbocycles. The minimum absolute atomic E-state index is 1.24. The van der Waals surface area contributed by atoms with Gasteiger partial charge in [-0.3, -0.25) is 0 Å². The van der Waals surface area contributed by atoms with E-state index in [0.717, 1.165) is 0 Å². The fourth-order valence-corrected chi connectivity index (χ4v) is 3.95. The standard InChI is InChI=1S/C26H55N.HNO3/c1-3-5-7-9-11-13-15-17-19-21-23-25-27-26-24-22-20-18-16-14-12-10-8-6-4-2;2-1(3)4/h27H,3-26H2,1-2H3;(H,2,3,4). The molecule has 0 unspecified atom stereocenters. The minimum Gasteiger partial charge on any atom is -0.328 e. The predicted octanol–water partition coefficient (Wildman–Crippen LogP) is 8.85. The van der Waals surface area contributed by atoms with Crippen molar-refractivity contribution in [1.82, 2.24) is 5.32 Å². The van der Waals surface area contributed by atoms with Gasteiger partial charge in [0.15, 0.2) is 0 Å². The van der Waals surface area contributed by atoms with Crippen LogP contribution in [-0.2, 0) is 0 Å². The van der Waals surface area contributed by atoms with Gasteiger partial charge in [0.2, 0.25) is 0 Å².